The number of ketones is 1. The second-order valence-corrected chi connectivity index (χ2v) is 9.80. The number of carbonyl (C=O) groups excluding carboxylic acids is 1. The fourth-order valence-electron chi connectivity index (χ4n) is 3.08. The number of Topliss-reactive ketones (excluding diaryl/α,β-unsaturated/α-hetero) is 1. The summed E-state index contributed by atoms with van der Waals surface area (Å²) in [6, 6.07) is 18.8. The van der Waals surface area contributed by atoms with Crippen LogP contribution in [0, 0.1) is 6.92 Å². The Morgan fingerprint density at radius 1 is 0.969 bits per heavy atom. The second kappa shape index (κ2) is 9.97. The van der Waals surface area contributed by atoms with Gasteiger partial charge in [-0.25, -0.2) is 0 Å². The number of aliphatic hydroxyl groups excluding tert-OH is 1. The normalized spacial score (nSPS) is 13.5. The topological polar surface area (TPSA) is 101 Å². The summed E-state index contributed by atoms with van der Waals surface area (Å²) in [5.74, 6) is -0.710. The Morgan fingerprint density at radius 3 is 2.09 bits per heavy atom. The van der Waals surface area contributed by atoms with Crippen molar-refractivity contribution in [3.63, 3.8) is 0 Å². The van der Waals surface area contributed by atoms with Crippen LogP contribution < -0.4 is 0 Å². The minimum absolute atomic E-state index is 0.0667. The third-order valence-corrected chi connectivity index (χ3v) is 7.10. The van der Waals surface area contributed by atoms with Crippen LogP contribution in [0.5, 0.6) is 0 Å². The third kappa shape index (κ3) is 5.28. The Hall–Kier alpha value is -2.49. The number of thioether (sulfide) groups is 1. The molecule has 2 N–H and O–H groups in total. The number of aliphatic hydroxyl groups is 2. The van der Waals surface area contributed by atoms with Gasteiger partial charge in [0.1, 0.15) is 6.61 Å². The van der Waals surface area contributed by atoms with Gasteiger partial charge in [-0.3, -0.25) is 8.98 Å². The van der Waals surface area contributed by atoms with E-state index in [1.165, 1.54) is 36.0 Å². The van der Waals surface area contributed by atoms with Gasteiger partial charge in [-0.1, -0.05) is 54.1 Å². The van der Waals surface area contributed by atoms with E-state index in [-0.39, 0.29) is 22.6 Å². The fraction of sp³-hybridized carbons (Fsp3) is 0.208. The number of rotatable bonds is 9. The number of benzene rings is 3. The van der Waals surface area contributed by atoms with Crippen molar-refractivity contribution in [1.82, 2.24) is 0 Å². The maximum atomic E-state index is 13.3. The summed E-state index contributed by atoms with van der Waals surface area (Å²) in [5, 5.41) is 20.7. The van der Waals surface area contributed by atoms with Crippen LogP contribution in [-0.4, -0.2) is 37.3 Å². The summed E-state index contributed by atoms with van der Waals surface area (Å²) in [6.45, 7) is 0.851. The van der Waals surface area contributed by atoms with Crippen molar-refractivity contribution in [3.8, 4) is 0 Å². The molecular formula is C24H24O6S2. The third-order valence-electron chi connectivity index (χ3n) is 5.07. The minimum atomic E-state index is -4.21. The zero-order chi connectivity index (χ0) is 23.4. The van der Waals surface area contributed by atoms with E-state index in [2.05, 4.69) is 0 Å². The molecule has 0 saturated heterocycles. The van der Waals surface area contributed by atoms with Gasteiger partial charge in [0, 0.05) is 10.5 Å². The molecule has 3 aromatic carbocycles. The molecule has 0 saturated carbocycles. The highest BCUT2D eigenvalue weighted by Crippen LogP contribution is 2.30. The summed E-state index contributed by atoms with van der Waals surface area (Å²) in [5.41, 5.74) is -0.376. The second-order valence-electron chi connectivity index (χ2n) is 7.30. The molecular weight excluding hydrogens is 448 g/mol. The summed E-state index contributed by atoms with van der Waals surface area (Å²) in [7, 11) is -4.21. The fourth-order valence-corrected chi connectivity index (χ4v) is 4.42. The standard InChI is InChI=1S/C24H24O6S2/c1-17-3-13-22(14-4-17)32(28,29)30-16-24(27,20-9-11-21(31-2)12-10-20)23(26)19-7-5-18(15-25)6-8-19/h3-14,25,27H,15-16H2,1-2H3. The molecule has 32 heavy (non-hydrogen) atoms. The molecule has 0 aliphatic rings. The minimum Gasteiger partial charge on any atom is -0.392 e. The first-order valence-electron chi connectivity index (χ1n) is 9.77. The molecule has 0 radical (unpaired) electrons. The monoisotopic (exact) mass is 472 g/mol. The predicted octanol–water partition coefficient (Wildman–Crippen LogP) is 3.69. The zero-order valence-corrected chi connectivity index (χ0v) is 19.3. The largest absolute Gasteiger partial charge is 0.392 e. The van der Waals surface area contributed by atoms with E-state index in [9.17, 15) is 23.4 Å². The van der Waals surface area contributed by atoms with Gasteiger partial charge in [0.05, 0.1) is 11.5 Å². The summed E-state index contributed by atoms with van der Waals surface area (Å²) in [4.78, 5) is 14.2. The Bertz CT molecular complexity index is 1170. The lowest BCUT2D eigenvalue weighted by Crippen LogP contribution is -2.41. The maximum Gasteiger partial charge on any atom is 0.297 e. The molecule has 0 bridgehead atoms. The Morgan fingerprint density at radius 2 is 1.56 bits per heavy atom. The number of aryl methyl sites for hydroxylation is 1. The van der Waals surface area contributed by atoms with Crippen LogP contribution in [0.15, 0.2) is 82.6 Å². The van der Waals surface area contributed by atoms with E-state index in [0.717, 1.165) is 10.5 Å². The van der Waals surface area contributed by atoms with Gasteiger partial charge < -0.3 is 10.2 Å². The van der Waals surface area contributed by atoms with E-state index in [1.807, 2.05) is 13.2 Å². The van der Waals surface area contributed by atoms with E-state index >= 15 is 0 Å². The van der Waals surface area contributed by atoms with Gasteiger partial charge >= 0.3 is 0 Å². The van der Waals surface area contributed by atoms with Gasteiger partial charge in [-0.2, -0.15) is 8.42 Å². The van der Waals surface area contributed by atoms with E-state index in [1.54, 1.807) is 48.5 Å². The quantitative estimate of drug-likeness (QED) is 0.278. The summed E-state index contributed by atoms with van der Waals surface area (Å²) in [6.07, 6.45) is 1.90. The van der Waals surface area contributed by atoms with Crippen LogP contribution >= 0.6 is 11.8 Å². The highest BCUT2D eigenvalue weighted by molar-refractivity contribution is 7.98. The molecule has 0 aliphatic heterocycles. The van der Waals surface area contributed by atoms with Crippen LogP contribution in [0.2, 0.25) is 0 Å². The van der Waals surface area contributed by atoms with Gasteiger partial charge in [0.2, 0.25) is 5.78 Å². The highest BCUT2D eigenvalue weighted by Gasteiger charge is 2.40. The Balaban J connectivity index is 1.97. The van der Waals surface area contributed by atoms with Crippen LogP contribution in [0.4, 0.5) is 0 Å². The molecule has 0 spiro atoms. The van der Waals surface area contributed by atoms with Crippen LogP contribution in [-0.2, 0) is 26.5 Å². The van der Waals surface area contributed by atoms with Crippen LogP contribution in [0.1, 0.15) is 27.0 Å². The number of hydrogen-bond acceptors (Lipinski definition) is 7. The highest BCUT2D eigenvalue weighted by atomic mass is 32.2. The molecule has 0 aliphatic carbocycles. The van der Waals surface area contributed by atoms with Crippen molar-refractivity contribution in [2.75, 3.05) is 12.9 Å². The predicted molar refractivity (Wildman–Crippen MR) is 123 cm³/mol. The summed E-state index contributed by atoms with van der Waals surface area (Å²) >= 11 is 1.50. The van der Waals surface area contributed by atoms with Crippen molar-refractivity contribution >= 4 is 27.7 Å². The van der Waals surface area contributed by atoms with Crippen LogP contribution in [0.3, 0.4) is 0 Å². The zero-order valence-electron chi connectivity index (χ0n) is 17.7. The van der Waals surface area contributed by atoms with Crippen LogP contribution in [0.25, 0.3) is 0 Å². The van der Waals surface area contributed by atoms with Crippen molar-refractivity contribution < 1.29 is 27.6 Å². The molecule has 1 atom stereocenters. The first-order chi connectivity index (χ1) is 15.2. The molecule has 6 nitrogen and oxygen atoms in total. The van der Waals surface area contributed by atoms with E-state index in [4.69, 9.17) is 4.18 Å². The molecule has 3 aromatic rings. The molecule has 0 amide bonds. The lowest BCUT2D eigenvalue weighted by Gasteiger charge is -2.27. The van der Waals surface area contributed by atoms with Gasteiger partial charge in [-0.15, -0.1) is 11.8 Å². The number of hydrogen-bond donors (Lipinski definition) is 2. The molecule has 0 aromatic heterocycles. The van der Waals surface area contributed by atoms with E-state index in [0.29, 0.717) is 5.56 Å². The lowest BCUT2D eigenvalue weighted by molar-refractivity contribution is 0.00407. The summed E-state index contributed by atoms with van der Waals surface area (Å²) < 4.78 is 30.6. The molecule has 168 valence electrons. The Labute approximate surface area is 192 Å². The molecule has 3 rings (SSSR count). The van der Waals surface area contributed by atoms with Crippen molar-refractivity contribution in [2.45, 2.75) is 28.9 Å². The lowest BCUT2D eigenvalue weighted by atomic mass is 9.86. The smallest absolute Gasteiger partial charge is 0.297 e. The molecule has 0 heterocycles. The van der Waals surface area contributed by atoms with Crippen molar-refractivity contribution in [1.29, 1.82) is 0 Å². The first kappa shape index (κ1) is 24.2. The molecule has 8 heteroatoms. The maximum absolute atomic E-state index is 13.3. The number of carbonyl (C=O) groups is 1. The Kier molecular flexibility index (Phi) is 7.53. The van der Waals surface area contributed by atoms with Crippen molar-refractivity contribution in [3.05, 3.63) is 95.1 Å². The van der Waals surface area contributed by atoms with E-state index < -0.39 is 28.1 Å². The SMILES string of the molecule is CSc1ccc(C(O)(COS(=O)(=O)c2ccc(C)cc2)C(=O)c2ccc(CO)cc2)cc1. The van der Waals surface area contributed by atoms with Gasteiger partial charge in [0.15, 0.2) is 5.60 Å². The first-order valence-corrected chi connectivity index (χ1v) is 12.4. The average molecular weight is 473 g/mol. The molecule has 1 unspecified atom stereocenters. The van der Waals surface area contributed by atoms with Crippen molar-refractivity contribution in [2.24, 2.45) is 0 Å². The van der Waals surface area contributed by atoms with Gasteiger partial charge in [-0.05, 0) is 48.6 Å². The molecule has 0 fully saturated rings. The average Bonchev–Trinajstić information content (AvgIpc) is 2.82. The van der Waals surface area contributed by atoms with Gasteiger partial charge in [0.25, 0.3) is 10.1 Å².